The van der Waals surface area contributed by atoms with Gasteiger partial charge in [0.15, 0.2) is 5.65 Å². The molecule has 43 heavy (non-hydrogen) atoms. The molecule has 0 saturated carbocycles. The van der Waals surface area contributed by atoms with E-state index in [4.69, 9.17) is 37.1 Å². The SMILES string of the molecule is Cc1ccccc1NC(=O)N1CCOc2c(C(C)n3nc(C)c4c(N)ncnc43)cc(Cl)c(C)c2C1.O=C(O)C(F)(F)F. The van der Waals surface area contributed by atoms with E-state index < -0.39 is 12.1 Å². The molecule has 15 heteroatoms. The van der Waals surface area contributed by atoms with Crippen LogP contribution in [0.15, 0.2) is 36.7 Å². The number of nitrogens with zero attached hydrogens (tertiary/aromatic N) is 5. The lowest BCUT2D eigenvalue weighted by atomic mass is 9.98. The third kappa shape index (κ3) is 6.58. The second-order valence-corrected chi connectivity index (χ2v) is 10.3. The number of aromatic nitrogens is 4. The van der Waals surface area contributed by atoms with Gasteiger partial charge in [-0.25, -0.2) is 24.2 Å². The maximum atomic E-state index is 13.2. The number of rotatable bonds is 3. The van der Waals surface area contributed by atoms with Gasteiger partial charge in [-0.2, -0.15) is 18.3 Å². The molecule has 0 aliphatic carbocycles. The largest absolute Gasteiger partial charge is 0.491 e. The first-order valence-corrected chi connectivity index (χ1v) is 13.4. The number of hydrogen-bond donors (Lipinski definition) is 3. The molecule has 3 heterocycles. The first-order valence-electron chi connectivity index (χ1n) is 13.0. The summed E-state index contributed by atoms with van der Waals surface area (Å²) >= 11 is 6.71. The fourth-order valence-electron chi connectivity index (χ4n) is 4.65. The van der Waals surface area contributed by atoms with Crippen molar-refractivity contribution in [1.82, 2.24) is 24.6 Å². The molecular weight excluding hydrogens is 591 g/mol. The Labute approximate surface area is 249 Å². The average Bonchev–Trinajstić information content (AvgIpc) is 3.13. The summed E-state index contributed by atoms with van der Waals surface area (Å²) in [6, 6.07) is 9.18. The smallest absolute Gasteiger partial charge is 0.490 e. The monoisotopic (exact) mass is 619 g/mol. The van der Waals surface area contributed by atoms with Gasteiger partial charge in [-0.15, -0.1) is 0 Å². The Morgan fingerprint density at radius 2 is 1.86 bits per heavy atom. The number of carboxylic acids is 1. The van der Waals surface area contributed by atoms with E-state index in [1.807, 2.05) is 62.7 Å². The normalized spacial score (nSPS) is 13.7. The molecule has 1 unspecified atom stereocenters. The highest BCUT2D eigenvalue weighted by Gasteiger charge is 2.38. The minimum atomic E-state index is -5.08. The molecule has 0 bridgehead atoms. The van der Waals surface area contributed by atoms with Crippen molar-refractivity contribution in [2.75, 3.05) is 24.2 Å². The number of benzene rings is 2. The minimum Gasteiger partial charge on any atom is -0.491 e. The molecule has 228 valence electrons. The molecule has 0 saturated heterocycles. The van der Waals surface area contributed by atoms with Crippen molar-refractivity contribution in [3.05, 3.63) is 69.6 Å². The number of para-hydroxylation sites is 1. The maximum Gasteiger partial charge on any atom is 0.490 e. The fraction of sp³-hybridized carbons (Fsp3) is 0.321. The number of anilines is 2. The predicted molar refractivity (Wildman–Crippen MR) is 154 cm³/mol. The highest BCUT2D eigenvalue weighted by atomic mass is 35.5. The quantitative estimate of drug-likeness (QED) is 0.266. The number of hydrogen-bond acceptors (Lipinski definition) is 7. The van der Waals surface area contributed by atoms with Crippen molar-refractivity contribution >= 4 is 46.1 Å². The lowest BCUT2D eigenvalue weighted by Gasteiger charge is -2.23. The van der Waals surface area contributed by atoms with Gasteiger partial charge < -0.3 is 25.8 Å². The number of urea groups is 1. The Hall–Kier alpha value is -4.59. The van der Waals surface area contributed by atoms with E-state index in [0.717, 1.165) is 44.8 Å². The zero-order chi connectivity index (χ0) is 31.6. The lowest BCUT2D eigenvalue weighted by Crippen LogP contribution is -2.36. The van der Waals surface area contributed by atoms with Crippen molar-refractivity contribution < 1.29 is 32.6 Å². The zero-order valence-electron chi connectivity index (χ0n) is 23.7. The number of aliphatic carboxylic acids is 1. The number of carbonyl (C=O) groups is 2. The third-order valence-corrected chi connectivity index (χ3v) is 7.41. The molecule has 0 fully saturated rings. The van der Waals surface area contributed by atoms with Gasteiger partial charge in [0, 0.05) is 21.8 Å². The van der Waals surface area contributed by atoms with Crippen LogP contribution in [0.25, 0.3) is 11.0 Å². The number of nitrogens with one attached hydrogen (secondary N) is 1. The van der Waals surface area contributed by atoms with E-state index in [1.54, 1.807) is 4.90 Å². The van der Waals surface area contributed by atoms with Crippen molar-refractivity contribution in [3.8, 4) is 5.75 Å². The number of alkyl halides is 3. The van der Waals surface area contributed by atoms with Gasteiger partial charge in [-0.1, -0.05) is 29.8 Å². The molecule has 5 rings (SSSR count). The van der Waals surface area contributed by atoms with Gasteiger partial charge >= 0.3 is 18.2 Å². The Bertz CT molecular complexity index is 1690. The number of aryl methyl sites for hydroxylation is 2. The number of carbonyl (C=O) groups excluding carboxylic acids is 1. The van der Waals surface area contributed by atoms with Crippen LogP contribution >= 0.6 is 11.6 Å². The van der Waals surface area contributed by atoms with Gasteiger partial charge in [0.2, 0.25) is 0 Å². The van der Waals surface area contributed by atoms with Gasteiger partial charge in [0.25, 0.3) is 0 Å². The second kappa shape index (κ2) is 12.3. The maximum absolute atomic E-state index is 13.2. The lowest BCUT2D eigenvalue weighted by molar-refractivity contribution is -0.192. The predicted octanol–water partition coefficient (Wildman–Crippen LogP) is 5.66. The zero-order valence-corrected chi connectivity index (χ0v) is 24.4. The van der Waals surface area contributed by atoms with Gasteiger partial charge in [-0.05, 0) is 51.0 Å². The van der Waals surface area contributed by atoms with Crippen molar-refractivity contribution in [1.29, 1.82) is 0 Å². The van der Waals surface area contributed by atoms with Gasteiger partial charge in [0.1, 0.15) is 24.5 Å². The van der Waals surface area contributed by atoms with Gasteiger partial charge in [0.05, 0.1) is 30.2 Å². The molecule has 1 aliphatic heterocycles. The summed E-state index contributed by atoms with van der Waals surface area (Å²) < 4.78 is 39.8. The molecule has 0 radical (unpaired) electrons. The number of halogens is 4. The number of carboxylic acid groups (broad SMARTS) is 1. The molecule has 11 nitrogen and oxygen atoms in total. The van der Waals surface area contributed by atoms with Crippen LogP contribution in [0, 0.1) is 20.8 Å². The Morgan fingerprint density at radius 3 is 2.51 bits per heavy atom. The van der Waals surface area contributed by atoms with Crippen LogP contribution in [-0.4, -0.2) is 61.1 Å². The molecule has 0 spiro atoms. The number of nitrogen functional groups attached to an aromatic ring is 1. The molecule has 2 aromatic carbocycles. The van der Waals surface area contributed by atoms with E-state index in [2.05, 4.69) is 15.3 Å². The number of fused-ring (bicyclic) bond motifs is 2. The highest BCUT2D eigenvalue weighted by Crippen LogP contribution is 2.40. The van der Waals surface area contributed by atoms with Crippen LogP contribution in [0.1, 0.15) is 40.9 Å². The standard InChI is InChI=1S/C26H28ClN7O2.C2HF3O2/c1-14-7-5-6-8-21(14)31-26(35)33-9-10-36-23-18(11-20(27)15(2)19(23)12-33)17(4)34-25-22(16(3)32-34)24(28)29-13-30-25;3-2(4,5)1(6)7/h5-8,11,13,17H,9-10,12H2,1-4H3,(H,31,35)(H2,28,29,30);(H,6,7). The van der Waals surface area contributed by atoms with E-state index in [1.165, 1.54) is 6.33 Å². The van der Waals surface area contributed by atoms with Crippen LogP contribution in [0.5, 0.6) is 5.75 Å². The Kier molecular flexibility index (Phi) is 8.99. The summed E-state index contributed by atoms with van der Waals surface area (Å²) in [5.74, 6) is -1.64. The first-order chi connectivity index (χ1) is 20.2. The second-order valence-electron chi connectivity index (χ2n) is 9.86. The van der Waals surface area contributed by atoms with Crippen LogP contribution < -0.4 is 15.8 Å². The summed E-state index contributed by atoms with van der Waals surface area (Å²) in [6.07, 6.45) is -3.65. The highest BCUT2D eigenvalue weighted by molar-refractivity contribution is 6.31. The molecule has 4 aromatic rings. The minimum absolute atomic E-state index is 0.185. The molecule has 1 aliphatic rings. The third-order valence-electron chi connectivity index (χ3n) is 7.01. The van der Waals surface area contributed by atoms with Crippen molar-refractivity contribution in [2.45, 2.75) is 46.5 Å². The van der Waals surface area contributed by atoms with Crippen LogP contribution in [0.3, 0.4) is 0 Å². The van der Waals surface area contributed by atoms with Gasteiger partial charge in [-0.3, -0.25) is 0 Å². The number of ether oxygens (including phenoxy) is 1. The Balaban J connectivity index is 0.000000541. The van der Waals surface area contributed by atoms with E-state index in [0.29, 0.717) is 36.2 Å². The number of amides is 2. The molecule has 2 aromatic heterocycles. The fourth-order valence-corrected chi connectivity index (χ4v) is 4.88. The molecular formula is C28H29ClF3N7O4. The summed E-state index contributed by atoms with van der Waals surface area (Å²) in [6.45, 7) is 8.97. The first kappa shape index (κ1) is 31.3. The summed E-state index contributed by atoms with van der Waals surface area (Å²) in [5, 5.41) is 16.2. The van der Waals surface area contributed by atoms with Crippen LogP contribution in [0.2, 0.25) is 5.02 Å². The van der Waals surface area contributed by atoms with E-state index in [-0.39, 0.29) is 12.1 Å². The summed E-state index contributed by atoms with van der Waals surface area (Å²) in [4.78, 5) is 32.4. The van der Waals surface area contributed by atoms with Crippen LogP contribution in [0.4, 0.5) is 29.5 Å². The summed E-state index contributed by atoms with van der Waals surface area (Å²) in [7, 11) is 0. The molecule has 4 N–H and O–H groups in total. The topological polar surface area (TPSA) is 148 Å². The Morgan fingerprint density at radius 1 is 1.19 bits per heavy atom. The van der Waals surface area contributed by atoms with Crippen molar-refractivity contribution in [3.63, 3.8) is 0 Å². The summed E-state index contributed by atoms with van der Waals surface area (Å²) in [5.41, 5.74) is 11.9. The molecule has 2 amide bonds. The van der Waals surface area contributed by atoms with E-state index in [9.17, 15) is 18.0 Å². The van der Waals surface area contributed by atoms with E-state index >= 15 is 0 Å². The molecule has 1 atom stereocenters. The number of nitrogens with two attached hydrogens (primary N) is 1. The van der Waals surface area contributed by atoms with Crippen molar-refractivity contribution in [2.24, 2.45) is 0 Å². The average molecular weight is 620 g/mol. The van der Waals surface area contributed by atoms with Crippen LogP contribution in [-0.2, 0) is 11.3 Å².